The Bertz CT molecular complexity index is 1010. The van der Waals surface area contributed by atoms with E-state index in [-0.39, 0.29) is 16.7 Å². The molecule has 0 saturated carbocycles. The summed E-state index contributed by atoms with van der Waals surface area (Å²) in [7, 11) is -3.61. The van der Waals surface area contributed by atoms with Gasteiger partial charge in [0.2, 0.25) is 21.8 Å². The quantitative estimate of drug-likeness (QED) is 0.612. The molecular weight excluding hydrogens is 452 g/mol. The molecule has 3 heterocycles. The van der Waals surface area contributed by atoms with Crippen molar-refractivity contribution in [3.8, 4) is 0 Å². The summed E-state index contributed by atoms with van der Waals surface area (Å²) in [6.45, 7) is 9.62. The van der Waals surface area contributed by atoms with Gasteiger partial charge >= 0.3 is 0 Å². The van der Waals surface area contributed by atoms with Crippen molar-refractivity contribution in [2.75, 3.05) is 44.2 Å². The number of amides is 2. The van der Waals surface area contributed by atoms with Gasteiger partial charge in [-0.2, -0.15) is 4.31 Å². The SMILES string of the molecule is CCN(CC)S(=O)(=O)c1ccc2c(c1)C[C@@H](C(=O)N1CCC(N3CCCCC3)CC1)N2C(C)=O. The van der Waals surface area contributed by atoms with Gasteiger partial charge in [-0.25, -0.2) is 8.42 Å². The largest absolute Gasteiger partial charge is 0.341 e. The van der Waals surface area contributed by atoms with Gasteiger partial charge in [0, 0.05) is 51.3 Å². The van der Waals surface area contributed by atoms with Crippen LogP contribution in [0.3, 0.4) is 0 Å². The van der Waals surface area contributed by atoms with Crippen molar-refractivity contribution < 1.29 is 18.0 Å². The normalized spacial score (nSPS) is 22.3. The summed E-state index contributed by atoms with van der Waals surface area (Å²) in [5.74, 6) is -0.226. The number of anilines is 1. The number of benzene rings is 1. The standard InChI is InChI=1S/C25H38N4O4S/c1-4-28(5-2)34(32,33)22-9-10-23-20(17-22)18-24(29(23)19(3)30)25(31)27-15-11-21(12-16-27)26-13-7-6-8-14-26/h9-10,17,21,24H,4-8,11-16,18H2,1-3H3/t24-/m0/s1. The number of sulfonamides is 1. The van der Waals surface area contributed by atoms with Crippen LogP contribution in [0.2, 0.25) is 0 Å². The van der Waals surface area contributed by atoms with E-state index in [2.05, 4.69) is 4.90 Å². The van der Waals surface area contributed by atoms with E-state index in [0.29, 0.717) is 44.3 Å². The van der Waals surface area contributed by atoms with Crippen molar-refractivity contribution in [3.63, 3.8) is 0 Å². The number of carbonyl (C=O) groups is 2. The zero-order chi connectivity index (χ0) is 24.5. The van der Waals surface area contributed by atoms with E-state index in [9.17, 15) is 18.0 Å². The minimum atomic E-state index is -3.61. The van der Waals surface area contributed by atoms with E-state index in [1.807, 2.05) is 18.7 Å². The zero-order valence-corrected chi connectivity index (χ0v) is 21.5. The number of carbonyl (C=O) groups excluding carboxylic acids is 2. The number of hydrogen-bond donors (Lipinski definition) is 0. The molecule has 0 unspecified atom stereocenters. The van der Waals surface area contributed by atoms with E-state index >= 15 is 0 Å². The Morgan fingerprint density at radius 1 is 1.00 bits per heavy atom. The second kappa shape index (κ2) is 10.3. The molecule has 0 aliphatic carbocycles. The molecule has 2 fully saturated rings. The molecule has 0 bridgehead atoms. The third-order valence-corrected chi connectivity index (χ3v) is 9.73. The third kappa shape index (κ3) is 4.75. The highest BCUT2D eigenvalue weighted by Gasteiger charge is 2.41. The molecule has 0 radical (unpaired) electrons. The molecule has 1 aromatic carbocycles. The zero-order valence-electron chi connectivity index (χ0n) is 20.7. The van der Waals surface area contributed by atoms with E-state index in [4.69, 9.17) is 0 Å². The first-order valence-corrected chi connectivity index (χ1v) is 14.2. The fraction of sp³-hybridized carbons (Fsp3) is 0.680. The predicted octanol–water partition coefficient (Wildman–Crippen LogP) is 2.47. The number of nitrogens with zero attached hydrogens (tertiary/aromatic N) is 4. The summed E-state index contributed by atoms with van der Waals surface area (Å²) in [6, 6.07) is 4.82. The van der Waals surface area contributed by atoms with Crippen molar-refractivity contribution in [2.45, 2.75) is 76.3 Å². The van der Waals surface area contributed by atoms with Crippen molar-refractivity contribution in [2.24, 2.45) is 0 Å². The topological polar surface area (TPSA) is 81.2 Å². The third-order valence-electron chi connectivity index (χ3n) is 7.69. The van der Waals surface area contributed by atoms with E-state index in [0.717, 1.165) is 31.5 Å². The molecule has 0 N–H and O–H groups in total. The van der Waals surface area contributed by atoms with Crippen molar-refractivity contribution in [3.05, 3.63) is 23.8 Å². The first kappa shape index (κ1) is 25.1. The molecule has 2 amide bonds. The molecule has 1 aromatic rings. The Morgan fingerprint density at radius 2 is 1.65 bits per heavy atom. The molecule has 3 aliphatic rings. The number of fused-ring (bicyclic) bond motifs is 1. The summed E-state index contributed by atoms with van der Waals surface area (Å²) in [6.07, 6.45) is 6.13. The van der Waals surface area contributed by atoms with Gasteiger partial charge in [-0.1, -0.05) is 20.3 Å². The predicted molar refractivity (Wildman–Crippen MR) is 132 cm³/mol. The molecule has 9 heteroatoms. The number of likely N-dealkylation sites (tertiary alicyclic amines) is 2. The fourth-order valence-electron chi connectivity index (χ4n) is 5.83. The smallest absolute Gasteiger partial charge is 0.246 e. The molecule has 4 rings (SSSR count). The maximum atomic E-state index is 13.5. The lowest BCUT2D eigenvalue weighted by atomic mass is 9.99. The lowest BCUT2D eigenvalue weighted by molar-refractivity contribution is -0.135. The Balaban J connectivity index is 1.50. The summed E-state index contributed by atoms with van der Waals surface area (Å²) in [5, 5.41) is 0. The summed E-state index contributed by atoms with van der Waals surface area (Å²) >= 11 is 0. The van der Waals surface area contributed by atoms with Crippen LogP contribution < -0.4 is 4.90 Å². The Kier molecular flexibility index (Phi) is 7.64. The Labute approximate surface area is 203 Å². The minimum Gasteiger partial charge on any atom is -0.341 e. The van der Waals surface area contributed by atoms with E-state index in [1.165, 1.54) is 30.5 Å². The number of rotatable bonds is 6. The molecule has 34 heavy (non-hydrogen) atoms. The molecular formula is C25H38N4O4S. The maximum Gasteiger partial charge on any atom is 0.246 e. The molecule has 188 valence electrons. The summed E-state index contributed by atoms with van der Waals surface area (Å²) < 4.78 is 27.4. The van der Waals surface area contributed by atoms with Crippen LogP contribution in [0.4, 0.5) is 5.69 Å². The molecule has 8 nitrogen and oxygen atoms in total. The van der Waals surface area contributed by atoms with Crippen LogP contribution in [-0.2, 0) is 26.0 Å². The average molecular weight is 491 g/mol. The van der Waals surface area contributed by atoms with Crippen LogP contribution in [-0.4, -0.2) is 85.7 Å². The second-order valence-electron chi connectivity index (χ2n) is 9.64. The first-order valence-electron chi connectivity index (χ1n) is 12.7. The highest BCUT2D eigenvalue weighted by Crippen LogP contribution is 2.36. The lowest BCUT2D eigenvalue weighted by Gasteiger charge is -2.41. The number of piperidine rings is 2. The van der Waals surface area contributed by atoms with Gasteiger partial charge in [-0.15, -0.1) is 0 Å². The highest BCUT2D eigenvalue weighted by molar-refractivity contribution is 7.89. The van der Waals surface area contributed by atoms with Crippen molar-refractivity contribution >= 4 is 27.5 Å². The number of hydrogen-bond acceptors (Lipinski definition) is 5. The van der Waals surface area contributed by atoms with Gasteiger partial charge in [0.25, 0.3) is 0 Å². The molecule has 2 saturated heterocycles. The van der Waals surface area contributed by atoms with Crippen LogP contribution in [0.15, 0.2) is 23.1 Å². The van der Waals surface area contributed by atoms with Crippen LogP contribution in [0, 0.1) is 0 Å². The fourth-order valence-corrected chi connectivity index (χ4v) is 7.34. The van der Waals surface area contributed by atoms with Gasteiger partial charge in [0.05, 0.1) is 4.90 Å². The monoisotopic (exact) mass is 490 g/mol. The van der Waals surface area contributed by atoms with Gasteiger partial charge < -0.3 is 9.80 Å². The first-order chi connectivity index (χ1) is 16.3. The summed E-state index contributed by atoms with van der Waals surface area (Å²) in [5.41, 5.74) is 1.39. The molecule has 1 atom stereocenters. The van der Waals surface area contributed by atoms with Crippen LogP contribution in [0.5, 0.6) is 0 Å². The molecule has 3 aliphatic heterocycles. The van der Waals surface area contributed by atoms with Crippen LogP contribution >= 0.6 is 0 Å². The van der Waals surface area contributed by atoms with E-state index in [1.54, 1.807) is 23.1 Å². The Morgan fingerprint density at radius 3 is 2.24 bits per heavy atom. The summed E-state index contributed by atoms with van der Waals surface area (Å²) in [4.78, 5) is 32.4. The highest BCUT2D eigenvalue weighted by atomic mass is 32.2. The molecule has 0 aromatic heterocycles. The van der Waals surface area contributed by atoms with Crippen LogP contribution in [0.25, 0.3) is 0 Å². The maximum absolute atomic E-state index is 13.5. The van der Waals surface area contributed by atoms with Crippen LogP contribution in [0.1, 0.15) is 58.4 Å². The van der Waals surface area contributed by atoms with Gasteiger partial charge in [0.15, 0.2) is 0 Å². The minimum absolute atomic E-state index is 0.0309. The Hall–Kier alpha value is -1.97. The van der Waals surface area contributed by atoms with Gasteiger partial charge in [-0.3, -0.25) is 14.5 Å². The van der Waals surface area contributed by atoms with Crippen molar-refractivity contribution in [1.82, 2.24) is 14.1 Å². The molecule has 0 spiro atoms. The average Bonchev–Trinajstić information content (AvgIpc) is 3.24. The van der Waals surface area contributed by atoms with Gasteiger partial charge in [-0.05, 0) is 62.5 Å². The second-order valence-corrected chi connectivity index (χ2v) is 11.6. The van der Waals surface area contributed by atoms with Crippen molar-refractivity contribution in [1.29, 1.82) is 0 Å². The van der Waals surface area contributed by atoms with Gasteiger partial charge in [0.1, 0.15) is 6.04 Å². The van der Waals surface area contributed by atoms with E-state index < -0.39 is 16.1 Å². The lowest BCUT2D eigenvalue weighted by Crippen LogP contribution is -2.53.